The van der Waals surface area contributed by atoms with Gasteiger partial charge in [-0.05, 0) is 17.7 Å². The summed E-state index contributed by atoms with van der Waals surface area (Å²) in [7, 11) is 0. The molecule has 0 radical (unpaired) electrons. The summed E-state index contributed by atoms with van der Waals surface area (Å²) >= 11 is 9.66. The second-order valence-electron chi connectivity index (χ2n) is 4.74. The van der Waals surface area contributed by atoms with Gasteiger partial charge in [0.25, 0.3) is 0 Å². The maximum atomic E-state index is 6.25. The number of benzene rings is 1. The van der Waals surface area contributed by atoms with Crippen LogP contribution in [0.25, 0.3) is 0 Å². The minimum absolute atomic E-state index is 0.446. The Hall–Kier alpha value is -0.840. The SMILES string of the molecule is CC(C)NCc1nccn1Cc1ccc(Br)cc1Cl. The van der Waals surface area contributed by atoms with Crippen LogP contribution in [-0.4, -0.2) is 15.6 Å². The quantitative estimate of drug-likeness (QED) is 0.894. The van der Waals surface area contributed by atoms with Crippen molar-refractivity contribution in [3.8, 4) is 0 Å². The first-order chi connectivity index (χ1) is 9.06. The van der Waals surface area contributed by atoms with Crippen molar-refractivity contribution in [3.63, 3.8) is 0 Å². The number of nitrogens with zero attached hydrogens (tertiary/aromatic N) is 2. The van der Waals surface area contributed by atoms with Crippen LogP contribution in [0.3, 0.4) is 0 Å². The van der Waals surface area contributed by atoms with Gasteiger partial charge in [0.1, 0.15) is 5.82 Å². The number of halogens is 2. The normalized spacial score (nSPS) is 11.2. The number of hydrogen-bond acceptors (Lipinski definition) is 2. The maximum Gasteiger partial charge on any atom is 0.122 e. The zero-order chi connectivity index (χ0) is 13.8. The molecule has 0 spiro atoms. The number of rotatable bonds is 5. The fraction of sp³-hybridized carbons (Fsp3) is 0.357. The molecule has 2 rings (SSSR count). The summed E-state index contributed by atoms with van der Waals surface area (Å²) in [5.74, 6) is 1.02. The van der Waals surface area contributed by atoms with Crippen LogP contribution < -0.4 is 5.32 Å². The standard InChI is InChI=1S/C14H17BrClN3/c1-10(2)18-8-14-17-5-6-19(14)9-11-3-4-12(15)7-13(11)16/h3-7,10,18H,8-9H2,1-2H3. The van der Waals surface area contributed by atoms with Gasteiger partial charge in [-0.2, -0.15) is 0 Å². The van der Waals surface area contributed by atoms with Crippen LogP contribution in [0.1, 0.15) is 25.2 Å². The summed E-state index contributed by atoms with van der Waals surface area (Å²) in [6.45, 7) is 5.75. The molecule has 1 aromatic heterocycles. The molecule has 19 heavy (non-hydrogen) atoms. The fourth-order valence-corrected chi connectivity index (χ4v) is 2.51. The molecule has 0 fully saturated rings. The van der Waals surface area contributed by atoms with Crippen LogP contribution in [0.2, 0.25) is 5.02 Å². The average Bonchev–Trinajstić information content (AvgIpc) is 2.77. The van der Waals surface area contributed by atoms with Gasteiger partial charge in [0.05, 0.1) is 13.1 Å². The Morgan fingerprint density at radius 1 is 1.42 bits per heavy atom. The van der Waals surface area contributed by atoms with Crippen molar-refractivity contribution in [1.29, 1.82) is 0 Å². The van der Waals surface area contributed by atoms with Crippen molar-refractivity contribution >= 4 is 27.5 Å². The van der Waals surface area contributed by atoms with Gasteiger partial charge in [-0.25, -0.2) is 4.98 Å². The van der Waals surface area contributed by atoms with E-state index in [1.165, 1.54) is 0 Å². The highest BCUT2D eigenvalue weighted by molar-refractivity contribution is 9.10. The summed E-state index contributed by atoms with van der Waals surface area (Å²) in [4.78, 5) is 4.38. The zero-order valence-electron chi connectivity index (χ0n) is 11.0. The van der Waals surface area contributed by atoms with E-state index in [0.717, 1.165) is 34.0 Å². The van der Waals surface area contributed by atoms with Crippen molar-refractivity contribution in [1.82, 2.24) is 14.9 Å². The lowest BCUT2D eigenvalue weighted by molar-refractivity contribution is 0.554. The van der Waals surface area contributed by atoms with Gasteiger partial charge in [0, 0.05) is 27.9 Å². The first kappa shape index (κ1) is 14.6. The number of aromatic nitrogens is 2. The molecule has 0 saturated carbocycles. The molecule has 5 heteroatoms. The third-order valence-electron chi connectivity index (χ3n) is 2.83. The molecule has 102 valence electrons. The lowest BCUT2D eigenvalue weighted by Crippen LogP contribution is -2.24. The molecular weight excluding hydrogens is 326 g/mol. The Kier molecular flexibility index (Phi) is 5.02. The molecule has 1 aromatic carbocycles. The van der Waals surface area contributed by atoms with E-state index in [1.54, 1.807) is 0 Å². The van der Waals surface area contributed by atoms with E-state index >= 15 is 0 Å². The summed E-state index contributed by atoms with van der Waals surface area (Å²) in [6.07, 6.45) is 3.81. The molecular formula is C14H17BrClN3. The monoisotopic (exact) mass is 341 g/mol. The summed E-state index contributed by atoms with van der Waals surface area (Å²) < 4.78 is 3.11. The van der Waals surface area contributed by atoms with E-state index in [1.807, 2.05) is 30.6 Å². The van der Waals surface area contributed by atoms with Crippen LogP contribution >= 0.6 is 27.5 Å². The van der Waals surface area contributed by atoms with Crippen LogP contribution in [0.15, 0.2) is 35.1 Å². The Morgan fingerprint density at radius 2 is 2.21 bits per heavy atom. The first-order valence-corrected chi connectivity index (χ1v) is 7.40. The Balaban J connectivity index is 2.12. The molecule has 0 bridgehead atoms. The average molecular weight is 343 g/mol. The molecule has 0 aliphatic rings. The van der Waals surface area contributed by atoms with Crippen molar-refractivity contribution in [3.05, 3.63) is 51.5 Å². The van der Waals surface area contributed by atoms with Crippen LogP contribution in [-0.2, 0) is 13.1 Å². The van der Waals surface area contributed by atoms with Crippen LogP contribution in [0.4, 0.5) is 0 Å². The second kappa shape index (κ2) is 6.55. The minimum atomic E-state index is 0.446. The third kappa shape index (κ3) is 4.06. The molecule has 0 saturated heterocycles. The van der Waals surface area contributed by atoms with E-state index in [0.29, 0.717) is 6.04 Å². The lowest BCUT2D eigenvalue weighted by Gasteiger charge is -2.12. The van der Waals surface area contributed by atoms with Crippen molar-refractivity contribution in [2.75, 3.05) is 0 Å². The molecule has 2 aromatic rings. The van der Waals surface area contributed by atoms with E-state index in [4.69, 9.17) is 11.6 Å². The van der Waals surface area contributed by atoms with E-state index in [2.05, 4.69) is 44.6 Å². The van der Waals surface area contributed by atoms with Gasteiger partial charge in [-0.1, -0.05) is 47.4 Å². The molecule has 0 unspecified atom stereocenters. The van der Waals surface area contributed by atoms with E-state index < -0.39 is 0 Å². The lowest BCUT2D eigenvalue weighted by atomic mass is 10.2. The molecule has 3 nitrogen and oxygen atoms in total. The predicted molar refractivity (Wildman–Crippen MR) is 82.5 cm³/mol. The molecule has 0 aliphatic heterocycles. The smallest absolute Gasteiger partial charge is 0.122 e. The van der Waals surface area contributed by atoms with Gasteiger partial charge < -0.3 is 9.88 Å². The highest BCUT2D eigenvalue weighted by atomic mass is 79.9. The highest BCUT2D eigenvalue weighted by Gasteiger charge is 2.07. The Morgan fingerprint density at radius 3 is 2.89 bits per heavy atom. The van der Waals surface area contributed by atoms with Crippen molar-refractivity contribution < 1.29 is 0 Å². The number of hydrogen-bond donors (Lipinski definition) is 1. The largest absolute Gasteiger partial charge is 0.329 e. The van der Waals surface area contributed by atoms with Crippen LogP contribution in [0.5, 0.6) is 0 Å². The van der Waals surface area contributed by atoms with Gasteiger partial charge in [-0.3, -0.25) is 0 Å². The van der Waals surface area contributed by atoms with E-state index in [-0.39, 0.29) is 0 Å². The minimum Gasteiger partial charge on any atom is -0.329 e. The number of imidazole rings is 1. The number of nitrogens with one attached hydrogen (secondary N) is 1. The molecule has 1 heterocycles. The Labute approximate surface area is 127 Å². The molecule has 0 aliphatic carbocycles. The molecule has 0 atom stereocenters. The second-order valence-corrected chi connectivity index (χ2v) is 6.07. The van der Waals surface area contributed by atoms with E-state index in [9.17, 15) is 0 Å². The first-order valence-electron chi connectivity index (χ1n) is 6.23. The Bertz CT molecular complexity index is 551. The predicted octanol–water partition coefficient (Wildman–Crippen LogP) is 3.85. The topological polar surface area (TPSA) is 29.9 Å². The zero-order valence-corrected chi connectivity index (χ0v) is 13.4. The van der Waals surface area contributed by atoms with Gasteiger partial charge in [0.15, 0.2) is 0 Å². The van der Waals surface area contributed by atoms with Crippen molar-refractivity contribution in [2.24, 2.45) is 0 Å². The van der Waals surface area contributed by atoms with Gasteiger partial charge >= 0.3 is 0 Å². The van der Waals surface area contributed by atoms with Crippen molar-refractivity contribution in [2.45, 2.75) is 33.0 Å². The van der Waals surface area contributed by atoms with Crippen LogP contribution in [0, 0.1) is 0 Å². The summed E-state index contributed by atoms with van der Waals surface area (Å²) in [6, 6.07) is 6.40. The summed E-state index contributed by atoms with van der Waals surface area (Å²) in [5, 5.41) is 4.14. The summed E-state index contributed by atoms with van der Waals surface area (Å²) in [5.41, 5.74) is 1.09. The molecule has 0 amide bonds. The maximum absolute atomic E-state index is 6.25. The third-order valence-corrected chi connectivity index (χ3v) is 3.67. The van der Waals surface area contributed by atoms with Gasteiger partial charge in [0.2, 0.25) is 0 Å². The fourth-order valence-electron chi connectivity index (χ4n) is 1.78. The molecule has 1 N–H and O–H groups in total. The highest BCUT2D eigenvalue weighted by Crippen LogP contribution is 2.22. The van der Waals surface area contributed by atoms with Gasteiger partial charge in [-0.15, -0.1) is 0 Å².